The Labute approximate surface area is 86.2 Å². The van der Waals surface area contributed by atoms with Crippen molar-refractivity contribution in [3.8, 4) is 0 Å². The quantitative estimate of drug-likeness (QED) is 0.866. The van der Waals surface area contributed by atoms with Gasteiger partial charge in [0.15, 0.2) is 0 Å². The molecule has 1 aromatic rings. The van der Waals surface area contributed by atoms with Crippen LogP contribution in [0.1, 0.15) is 12.5 Å². The van der Waals surface area contributed by atoms with Gasteiger partial charge in [0.05, 0.1) is 0 Å². The van der Waals surface area contributed by atoms with E-state index < -0.39 is 0 Å². The third-order valence-corrected chi connectivity index (χ3v) is 2.58. The molecule has 0 aliphatic heterocycles. The van der Waals surface area contributed by atoms with E-state index in [0.717, 1.165) is 22.6 Å². The van der Waals surface area contributed by atoms with Crippen LogP contribution in [0.15, 0.2) is 22.7 Å². The Balaban J connectivity index is 2.75. The highest BCUT2D eigenvalue weighted by Gasteiger charge is 1.98. The molecule has 0 aliphatic carbocycles. The second kappa shape index (κ2) is 4.85. The third kappa shape index (κ3) is 2.77. The Morgan fingerprint density at radius 2 is 2.25 bits per heavy atom. The monoisotopic (exact) mass is 247 g/mol. The lowest BCUT2D eigenvalue weighted by atomic mass is 10.2. The highest BCUT2D eigenvalue weighted by molar-refractivity contribution is 9.10. The van der Waals surface area contributed by atoms with Gasteiger partial charge < -0.3 is 5.32 Å². The molecule has 0 atom stereocenters. The van der Waals surface area contributed by atoms with Crippen LogP contribution in [-0.2, 0) is 6.54 Å². The molecule has 0 amide bonds. The van der Waals surface area contributed by atoms with Crippen molar-refractivity contribution in [2.24, 2.45) is 0 Å². The van der Waals surface area contributed by atoms with E-state index in [1.165, 1.54) is 5.56 Å². The Bertz CT molecular complexity index is 263. The van der Waals surface area contributed by atoms with E-state index in [0.29, 0.717) is 0 Å². The van der Waals surface area contributed by atoms with Crippen molar-refractivity contribution in [1.29, 1.82) is 0 Å². The zero-order valence-corrected chi connectivity index (χ0v) is 9.24. The molecule has 66 valence electrons. The molecular weight excluding hydrogens is 237 g/mol. The molecule has 0 aliphatic rings. The summed E-state index contributed by atoms with van der Waals surface area (Å²) in [7, 11) is 0. The molecule has 0 unspecified atom stereocenters. The van der Waals surface area contributed by atoms with Crippen LogP contribution in [0.25, 0.3) is 0 Å². The van der Waals surface area contributed by atoms with Crippen LogP contribution >= 0.6 is 27.5 Å². The van der Waals surface area contributed by atoms with E-state index in [4.69, 9.17) is 11.6 Å². The first-order valence-electron chi connectivity index (χ1n) is 3.88. The molecule has 0 fully saturated rings. The molecule has 1 nitrogen and oxygen atoms in total. The summed E-state index contributed by atoms with van der Waals surface area (Å²) >= 11 is 9.31. The molecule has 1 aromatic carbocycles. The largest absolute Gasteiger partial charge is 0.313 e. The zero-order chi connectivity index (χ0) is 8.97. The van der Waals surface area contributed by atoms with Gasteiger partial charge in [0.1, 0.15) is 0 Å². The summed E-state index contributed by atoms with van der Waals surface area (Å²) in [5.74, 6) is 0. The smallest absolute Gasteiger partial charge is 0.0410 e. The van der Waals surface area contributed by atoms with Crippen LogP contribution in [0.4, 0.5) is 0 Å². The van der Waals surface area contributed by atoms with E-state index in [2.05, 4.69) is 28.2 Å². The van der Waals surface area contributed by atoms with Crippen LogP contribution < -0.4 is 5.32 Å². The van der Waals surface area contributed by atoms with E-state index in [-0.39, 0.29) is 0 Å². The van der Waals surface area contributed by atoms with Gasteiger partial charge in [-0.3, -0.25) is 0 Å². The molecule has 0 heterocycles. The van der Waals surface area contributed by atoms with Crippen LogP contribution in [-0.4, -0.2) is 6.54 Å². The molecule has 0 radical (unpaired) electrons. The molecular formula is C9H11BrClN. The number of hydrogen-bond acceptors (Lipinski definition) is 1. The SMILES string of the molecule is CCNCc1cc(Cl)ccc1Br. The molecule has 0 bridgehead atoms. The molecule has 0 saturated carbocycles. The Kier molecular flexibility index (Phi) is 4.06. The first kappa shape index (κ1) is 10.0. The number of halogens is 2. The highest BCUT2D eigenvalue weighted by atomic mass is 79.9. The molecule has 12 heavy (non-hydrogen) atoms. The number of nitrogens with one attached hydrogen (secondary N) is 1. The highest BCUT2D eigenvalue weighted by Crippen LogP contribution is 2.20. The van der Waals surface area contributed by atoms with Crippen molar-refractivity contribution in [3.05, 3.63) is 33.3 Å². The fourth-order valence-electron chi connectivity index (χ4n) is 0.938. The fraction of sp³-hybridized carbons (Fsp3) is 0.333. The summed E-state index contributed by atoms with van der Waals surface area (Å²) in [5, 5.41) is 4.03. The van der Waals surface area contributed by atoms with Gasteiger partial charge in [-0.15, -0.1) is 0 Å². The Morgan fingerprint density at radius 1 is 1.50 bits per heavy atom. The lowest BCUT2D eigenvalue weighted by Gasteiger charge is -2.04. The van der Waals surface area contributed by atoms with Crippen LogP contribution in [0.5, 0.6) is 0 Å². The number of rotatable bonds is 3. The molecule has 3 heteroatoms. The van der Waals surface area contributed by atoms with Crippen molar-refractivity contribution < 1.29 is 0 Å². The van der Waals surface area contributed by atoms with Crippen molar-refractivity contribution >= 4 is 27.5 Å². The average molecular weight is 249 g/mol. The molecule has 0 spiro atoms. The van der Waals surface area contributed by atoms with Gasteiger partial charge >= 0.3 is 0 Å². The minimum Gasteiger partial charge on any atom is -0.313 e. The van der Waals surface area contributed by atoms with Crippen LogP contribution in [0, 0.1) is 0 Å². The third-order valence-electron chi connectivity index (χ3n) is 1.57. The van der Waals surface area contributed by atoms with Crippen molar-refractivity contribution in [3.63, 3.8) is 0 Å². The lowest BCUT2D eigenvalue weighted by Crippen LogP contribution is -2.11. The lowest BCUT2D eigenvalue weighted by molar-refractivity contribution is 0.725. The van der Waals surface area contributed by atoms with Gasteiger partial charge in [0.25, 0.3) is 0 Å². The standard InChI is InChI=1S/C9H11BrClN/c1-2-12-6-7-5-8(11)3-4-9(7)10/h3-5,12H,2,6H2,1H3. The summed E-state index contributed by atoms with van der Waals surface area (Å²) in [6.07, 6.45) is 0. The minimum absolute atomic E-state index is 0.783. The van der Waals surface area contributed by atoms with Crippen molar-refractivity contribution in [2.45, 2.75) is 13.5 Å². The van der Waals surface area contributed by atoms with Crippen molar-refractivity contribution in [1.82, 2.24) is 5.32 Å². The van der Waals surface area contributed by atoms with Gasteiger partial charge in [-0.25, -0.2) is 0 Å². The molecule has 0 saturated heterocycles. The zero-order valence-electron chi connectivity index (χ0n) is 6.90. The van der Waals surface area contributed by atoms with E-state index in [9.17, 15) is 0 Å². The average Bonchev–Trinajstić information content (AvgIpc) is 2.07. The van der Waals surface area contributed by atoms with Gasteiger partial charge in [-0.05, 0) is 30.3 Å². The summed E-state index contributed by atoms with van der Waals surface area (Å²) in [6, 6.07) is 5.81. The maximum absolute atomic E-state index is 5.85. The molecule has 1 N–H and O–H groups in total. The predicted octanol–water partition coefficient (Wildman–Crippen LogP) is 3.21. The Morgan fingerprint density at radius 3 is 2.92 bits per heavy atom. The predicted molar refractivity (Wildman–Crippen MR) is 56.5 cm³/mol. The topological polar surface area (TPSA) is 12.0 Å². The summed E-state index contributed by atoms with van der Waals surface area (Å²) < 4.78 is 1.10. The van der Waals surface area contributed by atoms with Gasteiger partial charge in [-0.2, -0.15) is 0 Å². The number of benzene rings is 1. The van der Waals surface area contributed by atoms with E-state index in [1.54, 1.807) is 0 Å². The number of hydrogen-bond donors (Lipinski definition) is 1. The maximum Gasteiger partial charge on any atom is 0.0410 e. The van der Waals surface area contributed by atoms with Gasteiger partial charge in [-0.1, -0.05) is 34.5 Å². The Hall–Kier alpha value is -0.0500. The summed E-state index contributed by atoms with van der Waals surface area (Å²) in [6.45, 7) is 3.91. The second-order valence-corrected chi connectivity index (χ2v) is 3.81. The summed E-state index contributed by atoms with van der Waals surface area (Å²) in [5.41, 5.74) is 1.20. The second-order valence-electron chi connectivity index (χ2n) is 2.52. The fourth-order valence-corrected chi connectivity index (χ4v) is 1.52. The molecule has 1 rings (SSSR count). The normalized spacial score (nSPS) is 10.2. The van der Waals surface area contributed by atoms with E-state index in [1.807, 2.05) is 18.2 Å². The first-order chi connectivity index (χ1) is 5.74. The first-order valence-corrected chi connectivity index (χ1v) is 5.05. The van der Waals surface area contributed by atoms with Gasteiger partial charge in [0, 0.05) is 16.0 Å². The van der Waals surface area contributed by atoms with Crippen LogP contribution in [0.3, 0.4) is 0 Å². The summed E-state index contributed by atoms with van der Waals surface area (Å²) in [4.78, 5) is 0. The van der Waals surface area contributed by atoms with Crippen molar-refractivity contribution in [2.75, 3.05) is 6.54 Å². The van der Waals surface area contributed by atoms with Gasteiger partial charge in [0.2, 0.25) is 0 Å². The molecule has 0 aromatic heterocycles. The maximum atomic E-state index is 5.85. The minimum atomic E-state index is 0.783. The van der Waals surface area contributed by atoms with E-state index >= 15 is 0 Å². The van der Waals surface area contributed by atoms with Crippen LogP contribution in [0.2, 0.25) is 5.02 Å².